The van der Waals surface area contributed by atoms with Crippen LogP contribution in [-0.4, -0.2) is 55.6 Å². The summed E-state index contributed by atoms with van der Waals surface area (Å²) in [5, 5.41) is 1.80. The molecule has 2 aliphatic rings. The number of para-hydroxylation sites is 2. The van der Waals surface area contributed by atoms with Gasteiger partial charge in [0.1, 0.15) is 9.41 Å². The van der Waals surface area contributed by atoms with Crippen LogP contribution in [-0.2, 0) is 0 Å². The summed E-state index contributed by atoms with van der Waals surface area (Å²) in [4.78, 5) is 11.8. The lowest BCUT2D eigenvalue weighted by molar-refractivity contribution is 0.465. The lowest BCUT2D eigenvalue weighted by atomic mass is 10.3. The SMILES string of the molecule is CCN(CC)C(=S)N1c2ccccc2SC1SSC1Sc2ccccc2N1C(=S)N(CC)CC. The van der Waals surface area contributed by atoms with Crippen LogP contribution in [0.5, 0.6) is 0 Å². The van der Waals surface area contributed by atoms with Crippen LogP contribution in [0.2, 0.25) is 0 Å². The van der Waals surface area contributed by atoms with E-state index in [2.05, 4.69) is 95.8 Å². The molecule has 4 nitrogen and oxygen atoms in total. The molecule has 0 saturated heterocycles. The van der Waals surface area contributed by atoms with Crippen molar-refractivity contribution in [2.24, 2.45) is 0 Å². The Bertz CT molecular complexity index is 945. The van der Waals surface area contributed by atoms with E-state index in [0.717, 1.165) is 36.4 Å². The van der Waals surface area contributed by atoms with Crippen LogP contribution in [0.4, 0.5) is 11.4 Å². The highest BCUT2D eigenvalue weighted by Gasteiger charge is 2.39. The molecule has 10 heteroatoms. The summed E-state index contributed by atoms with van der Waals surface area (Å²) in [5.74, 6) is 0. The second-order valence-electron chi connectivity index (χ2n) is 7.63. The minimum absolute atomic E-state index is 0.170. The summed E-state index contributed by atoms with van der Waals surface area (Å²) in [5.41, 5.74) is 2.42. The number of rotatable bonds is 7. The maximum absolute atomic E-state index is 6.00. The zero-order valence-corrected chi connectivity index (χ0v) is 24.7. The summed E-state index contributed by atoms with van der Waals surface area (Å²) in [6.07, 6.45) is 0. The van der Waals surface area contributed by atoms with Gasteiger partial charge in [-0.3, -0.25) is 9.80 Å². The molecule has 0 aromatic heterocycles. The maximum atomic E-state index is 6.00. The van der Waals surface area contributed by atoms with Crippen LogP contribution < -0.4 is 9.80 Å². The largest absolute Gasteiger partial charge is 0.349 e. The lowest BCUT2D eigenvalue weighted by Gasteiger charge is -2.35. The third-order valence-electron chi connectivity index (χ3n) is 5.83. The molecule has 2 aromatic rings. The molecule has 34 heavy (non-hydrogen) atoms. The van der Waals surface area contributed by atoms with Crippen molar-refractivity contribution in [1.29, 1.82) is 0 Å². The van der Waals surface area contributed by atoms with Gasteiger partial charge in [0.2, 0.25) is 0 Å². The van der Waals surface area contributed by atoms with E-state index >= 15 is 0 Å². The number of thioether (sulfide) groups is 2. The molecule has 0 N–H and O–H groups in total. The standard InChI is InChI=1S/C24H30N4S6/c1-5-25(6-2)21(29)27-17-13-9-11-15-19(17)31-23(27)33-34-24-28(22(30)26(7-3)8-4)18-14-10-12-16-20(18)32-24/h9-16,23-24H,5-8H2,1-4H3. The Morgan fingerprint density at radius 2 is 1.06 bits per heavy atom. The molecule has 0 bridgehead atoms. The number of benzene rings is 2. The van der Waals surface area contributed by atoms with E-state index in [-0.39, 0.29) is 9.41 Å². The van der Waals surface area contributed by atoms with E-state index < -0.39 is 0 Å². The molecule has 2 unspecified atom stereocenters. The van der Waals surface area contributed by atoms with Crippen LogP contribution in [0.3, 0.4) is 0 Å². The van der Waals surface area contributed by atoms with Crippen LogP contribution >= 0.6 is 69.5 Å². The molecule has 0 saturated carbocycles. The molecule has 182 valence electrons. The first-order valence-corrected chi connectivity index (χ1v) is 16.4. The first kappa shape index (κ1) is 26.3. The molecule has 0 amide bonds. The number of nitrogens with zero attached hydrogens (tertiary/aromatic N) is 4. The summed E-state index contributed by atoms with van der Waals surface area (Å²) in [6.45, 7) is 12.3. The van der Waals surface area contributed by atoms with Crippen molar-refractivity contribution in [1.82, 2.24) is 9.80 Å². The quantitative estimate of drug-likeness (QED) is 0.247. The molecule has 0 radical (unpaired) electrons. The minimum atomic E-state index is 0.170. The Balaban J connectivity index is 1.56. The fourth-order valence-electron chi connectivity index (χ4n) is 3.96. The highest BCUT2D eigenvalue weighted by Crippen LogP contribution is 2.56. The second-order valence-corrected chi connectivity index (χ2v) is 13.6. The second kappa shape index (κ2) is 12.0. The molecule has 4 rings (SSSR count). The zero-order chi connectivity index (χ0) is 24.2. The third kappa shape index (κ3) is 5.18. The van der Waals surface area contributed by atoms with Gasteiger partial charge in [-0.25, -0.2) is 0 Å². The molecular formula is C24H30N4S6. The molecule has 2 aromatic carbocycles. The molecule has 0 fully saturated rings. The Kier molecular flexibility index (Phi) is 9.26. The van der Waals surface area contributed by atoms with E-state index in [1.54, 1.807) is 0 Å². The Morgan fingerprint density at radius 3 is 1.41 bits per heavy atom. The van der Waals surface area contributed by atoms with Gasteiger partial charge in [-0.15, -0.1) is 0 Å². The molecule has 2 heterocycles. The Labute approximate surface area is 231 Å². The lowest BCUT2D eigenvalue weighted by Crippen LogP contribution is -2.45. The molecule has 0 spiro atoms. The average Bonchev–Trinajstić information content (AvgIpc) is 3.41. The van der Waals surface area contributed by atoms with Crippen LogP contribution in [0.15, 0.2) is 58.3 Å². The Morgan fingerprint density at radius 1 is 0.706 bits per heavy atom. The van der Waals surface area contributed by atoms with Gasteiger partial charge in [0.05, 0.1) is 11.4 Å². The number of thiocarbonyl (C=S) groups is 2. The van der Waals surface area contributed by atoms with Gasteiger partial charge < -0.3 is 9.80 Å². The van der Waals surface area contributed by atoms with Crippen molar-refractivity contribution in [2.45, 2.75) is 46.9 Å². The smallest absolute Gasteiger partial charge is 0.177 e. The van der Waals surface area contributed by atoms with E-state index in [1.165, 1.54) is 21.2 Å². The van der Waals surface area contributed by atoms with Gasteiger partial charge >= 0.3 is 0 Å². The number of anilines is 2. The van der Waals surface area contributed by atoms with Gasteiger partial charge in [-0.1, -0.05) is 69.4 Å². The van der Waals surface area contributed by atoms with Gasteiger partial charge in [-0.05, 0) is 76.4 Å². The number of fused-ring (bicyclic) bond motifs is 2. The predicted molar refractivity (Wildman–Crippen MR) is 163 cm³/mol. The van der Waals surface area contributed by atoms with Crippen LogP contribution in [0.25, 0.3) is 0 Å². The predicted octanol–water partition coefficient (Wildman–Crippen LogP) is 7.41. The Hall–Kier alpha value is -0.780. The highest BCUT2D eigenvalue weighted by atomic mass is 33.1. The first-order valence-electron chi connectivity index (χ1n) is 11.5. The van der Waals surface area contributed by atoms with Gasteiger partial charge in [0.25, 0.3) is 0 Å². The highest BCUT2D eigenvalue weighted by molar-refractivity contribution is 8.80. The van der Waals surface area contributed by atoms with E-state index in [0.29, 0.717) is 0 Å². The molecular weight excluding hydrogens is 537 g/mol. The van der Waals surface area contributed by atoms with Crippen molar-refractivity contribution in [3.8, 4) is 0 Å². The van der Waals surface area contributed by atoms with Crippen molar-refractivity contribution >= 4 is 91.1 Å². The van der Waals surface area contributed by atoms with Crippen LogP contribution in [0, 0.1) is 0 Å². The summed E-state index contributed by atoms with van der Waals surface area (Å²) < 4.78 is 0.340. The van der Waals surface area contributed by atoms with Gasteiger partial charge in [-0.2, -0.15) is 0 Å². The van der Waals surface area contributed by atoms with Crippen molar-refractivity contribution in [2.75, 3.05) is 36.0 Å². The minimum Gasteiger partial charge on any atom is -0.349 e. The topological polar surface area (TPSA) is 13.0 Å². The van der Waals surface area contributed by atoms with Crippen molar-refractivity contribution in [3.63, 3.8) is 0 Å². The first-order chi connectivity index (χ1) is 16.5. The molecule has 2 atom stereocenters. The third-order valence-corrected chi connectivity index (χ3v) is 12.9. The van der Waals surface area contributed by atoms with Gasteiger partial charge in [0, 0.05) is 36.0 Å². The van der Waals surface area contributed by atoms with E-state index in [9.17, 15) is 0 Å². The normalized spacial score (nSPS) is 18.6. The van der Waals surface area contributed by atoms with Crippen molar-refractivity contribution in [3.05, 3.63) is 48.5 Å². The van der Waals surface area contributed by atoms with Crippen LogP contribution in [0.1, 0.15) is 27.7 Å². The number of hydrogen-bond donors (Lipinski definition) is 0. The van der Waals surface area contributed by atoms with Gasteiger partial charge in [0.15, 0.2) is 10.2 Å². The fourth-order valence-corrected chi connectivity index (χ4v) is 11.4. The fraction of sp³-hybridized carbons (Fsp3) is 0.417. The average molecular weight is 567 g/mol. The summed E-state index contributed by atoms with van der Waals surface area (Å²) in [6, 6.07) is 17.2. The number of hydrogen-bond acceptors (Lipinski definition) is 6. The molecule has 2 aliphatic heterocycles. The zero-order valence-electron chi connectivity index (χ0n) is 19.8. The van der Waals surface area contributed by atoms with E-state index in [1.807, 2.05) is 45.1 Å². The van der Waals surface area contributed by atoms with E-state index in [4.69, 9.17) is 24.4 Å². The monoisotopic (exact) mass is 566 g/mol. The maximum Gasteiger partial charge on any atom is 0.177 e. The summed E-state index contributed by atoms with van der Waals surface area (Å²) in [7, 11) is 3.76. The van der Waals surface area contributed by atoms with Crippen molar-refractivity contribution < 1.29 is 0 Å². The molecule has 0 aliphatic carbocycles. The summed E-state index contributed by atoms with van der Waals surface area (Å²) >= 11 is 15.8.